The zero-order chi connectivity index (χ0) is 8.85. The Kier molecular flexibility index (Phi) is 4.26. The first-order valence-electron chi connectivity index (χ1n) is 3.58. The molecular formula is C7H12O4. The second kappa shape index (κ2) is 4.71. The van der Waals surface area contributed by atoms with Crippen LogP contribution >= 0.6 is 0 Å². The van der Waals surface area contributed by atoms with Crippen molar-refractivity contribution in [1.29, 1.82) is 0 Å². The van der Waals surface area contributed by atoms with Gasteiger partial charge < -0.3 is 9.84 Å². The molecule has 1 aliphatic rings. The third-order valence-electron chi connectivity index (χ3n) is 1.21. The predicted octanol–water partition coefficient (Wildman–Crippen LogP) is 0.660. The van der Waals surface area contributed by atoms with Gasteiger partial charge in [-0.15, -0.1) is 0 Å². The molecule has 0 bridgehead atoms. The molecule has 0 aromatic carbocycles. The van der Waals surface area contributed by atoms with Gasteiger partial charge in [0.15, 0.2) is 0 Å². The van der Waals surface area contributed by atoms with Gasteiger partial charge in [-0.25, -0.2) is 0 Å². The first-order chi connectivity index (χ1) is 5.20. The Labute approximate surface area is 65.2 Å². The normalized spacial score (nSPS) is 21.6. The maximum atomic E-state index is 10.3. The quantitative estimate of drug-likeness (QED) is 0.572. The van der Waals surface area contributed by atoms with Crippen LogP contribution < -0.4 is 0 Å². The lowest BCUT2D eigenvalue weighted by Crippen LogP contribution is -2.12. The van der Waals surface area contributed by atoms with Crippen molar-refractivity contribution in [2.45, 2.75) is 20.3 Å². The van der Waals surface area contributed by atoms with Crippen LogP contribution in [0.5, 0.6) is 0 Å². The maximum absolute atomic E-state index is 10.3. The summed E-state index contributed by atoms with van der Waals surface area (Å²) in [5.74, 6) is -1.99. The van der Waals surface area contributed by atoms with Crippen molar-refractivity contribution in [3.05, 3.63) is 0 Å². The molecule has 1 heterocycles. The van der Waals surface area contributed by atoms with Gasteiger partial charge in [0.05, 0.1) is 6.42 Å². The average Bonchev–Trinajstić information content (AvgIpc) is 2.40. The second-order valence-corrected chi connectivity index (χ2v) is 1.92. The Morgan fingerprint density at radius 1 is 1.64 bits per heavy atom. The Morgan fingerprint density at radius 2 is 2.18 bits per heavy atom. The summed E-state index contributed by atoms with van der Waals surface area (Å²) in [6, 6.07) is 0. The molecule has 0 spiro atoms. The average molecular weight is 160 g/mol. The van der Waals surface area contributed by atoms with Gasteiger partial charge in [-0.3, -0.25) is 9.59 Å². The van der Waals surface area contributed by atoms with Crippen LogP contribution in [0.25, 0.3) is 0 Å². The fourth-order valence-electron chi connectivity index (χ4n) is 0.671. The van der Waals surface area contributed by atoms with Gasteiger partial charge in [-0.1, -0.05) is 13.8 Å². The first-order valence-corrected chi connectivity index (χ1v) is 3.58. The highest BCUT2D eigenvalue weighted by atomic mass is 16.5. The minimum absolute atomic E-state index is 0.0231. The number of carbonyl (C=O) groups is 2. The van der Waals surface area contributed by atoms with Gasteiger partial charge in [-0.05, 0) is 0 Å². The number of aliphatic carboxylic acids is 1. The number of carboxylic acid groups (broad SMARTS) is 1. The van der Waals surface area contributed by atoms with Gasteiger partial charge in [0, 0.05) is 0 Å². The van der Waals surface area contributed by atoms with Crippen LogP contribution in [0.15, 0.2) is 0 Å². The lowest BCUT2D eigenvalue weighted by atomic mass is 10.1. The molecule has 1 fully saturated rings. The highest BCUT2D eigenvalue weighted by Crippen LogP contribution is 2.12. The smallest absolute Gasteiger partial charge is 0.310 e. The van der Waals surface area contributed by atoms with Crippen LogP contribution in [-0.2, 0) is 14.3 Å². The Balaban J connectivity index is 0.000000461. The standard InChI is InChI=1S/C5H6O4.C2H6/c6-4-1-3(2-9-4)5(7)8;1-2/h3H,1-2H2,(H,7,8);1-2H3. The Morgan fingerprint density at radius 3 is 2.36 bits per heavy atom. The van der Waals surface area contributed by atoms with E-state index >= 15 is 0 Å². The maximum Gasteiger partial charge on any atom is 0.310 e. The highest BCUT2D eigenvalue weighted by molar-refractivity contribution is 5.81. The van der Waals surface area contributed by atoms with E-state index in [0.29, 0.717) is 0 Å². The number of ether oxygens (including phenoxy) is 1. The molecule has 11 heavy (non-hydrogen) atoms. The van der Waals surface area contributed by atoms with Gasteiger partial charge in [-0.2, -0.15) is 0 Å². The number of hydrogen-bond donors (Lipinski definition) is 1. The van der Waals surface area contributed by atoms with E-state index in [2.05, 4.69) is 4.74 Å². The van der Waals surface area contributed by atoms with E-state index < -0.39 is 17.9 Å². The summed E-state index contributed by atoms with van der Waals surface area (Å²) < 4.78 is 4.41. The second-order valence-electron chi connectivity index (χ2n) is 1.92. The topological polar surface area (TPSA) is 63.6 Å². The molecule has 0 saturated carbocycles. The molecule has 0 amide bonds. The number of carbonyl (C=O) groups excluding carboxylic acids is 1. The van der Waals surface area contributed by atoms with Crippen molar-refractivity contribution in [3.63, 3.8) is 0 Å². The summed E-state index contributed by atoms with van der Waals surface area (Å²) in [5, 5.41) is 8.30. The van der Waals surface area contributed by atoms with E-state index in [9.17, 15) is 9.59 Å². The predicted molar refractivity (Wildman–Crippen MR) is 38.0 cm³/mol. The molecule has 4 heteroatoms. The summed E-state index contributed by atoms with van der Waals surface area (Å²) >= 11 is 0. The molecular weight excluding hydrogens is 148 g/mol. The fourth-order valence-corrected chi connectivity index (χ4v) is 0.671. The van der Waals surface area contributed by atoms with Crippen LogP contribution in [-0.4, -0.2) is 23.7 Å². The Bertz CT molecular complexity index is 153. The number of rotatable bonds is 1. The van der Waals surface area contributed by atoms with Crippen LogP contribution in [0.3, 0.4) is 0 Å². The summed E-state index contributed by atoms with van der Waals surface area (Å²) in [7, 11) is 0. The lowest BCUT2D eigenvalue weighted by molar-refractivity contribution is -0.141. The third kappa shape index (κ3) is 3.02. The van der Waals surface area contributed by atoms with E-state index in [0.717, 1.165) is 0 Å². The molecule has 0 aromatic heterocycles. The zero-order valence-electron chi connectivity index (χ0n) is 6.66. The van der Waals surface area contributed by atoms with Gasteiger partial charge in [0.1, 0.15) is 12.5 Å². The molecule has 0 aliphatic carbocycles. The molecule has 1 N–H and O–H groups in total. The van der Waals surface area contributed by atoms with E-state index in [4.69, 9.17) is 5.11 Å². The molecule has 0 aromatic rings. The van der Waals surface area contributed by atoms with Crippen LogP contribution in [0.2, 0.25) is 0 Å². The fraction of sp³-hybridized carbons (Fsp3) is 0.714. The molecule has 4 nitrogen and oxygen atoms in total. The first kappa shape index (κ1) is 9.94. The SMILES string of the molecule is CC.O=C1CC(C(=O)O)CO1. The van der Waals surface area contributed by atoms with Crippen molar-refractivity contribution in [1.82, 2.24) is 0 Å². The number of esters is 1. The molecule has 1 saturated heterocycles. The van der Waals surface area contributed by atoms with E-state index in [1.54, 1.807) is 0 Å². The van der Waals surface area contributed by atoms with Crippen molar-refractivity contribution < 1.29 is 19.4 Å². The molecule has 0 radical (unpaired) electrons. The molecule has 64 valence electrons. The van der Waals surface area contributed by atoms with Gasteiger partial charge in [0.2, 0.25) is 0 Å². The van der Waals surface area contributed by atoms with Crippen molar-refractivity contribution in [3.8, 4) is 0 Å². The van der Waals surface area contributed by atoms with Crippen molar-refractivity contribution in [2.75, 3.05) is 6.61 Å². The lowest BCUT2D eigenvalue weighted by Gasteiger charge is -1.93. The number of carboxylic acids is 1. The van der Waals surface area contributed by atoms with Gasteiger partial charge in [0.25, 0.3) is 0 Å². The largest absolute Gasteiger partial charge is 0.481 e. The summed E-state index contributed by atoms with van der Waals surface area (Å²) in [4.78, 5) is 20.4. The van der Waals surface area contributed by atoms with Gasteiger partial charge >= 0.3 is 11.9 Å². The number of cyclic esters (lactones) is 1. The third-order valence-corrected chi connectivity index (χ3v) is 1.21. The minimum atomic E-state index is -0.958. The van der Waals surface area contributed by atoms with E-state index in [1.807, 2.05) is 13.8 Å². The van der Waals surface area contributed by atoms with Crippen molar-refractivity contribution in [2.24, 2.45) is 5.92 Å². The summed E-state index contributed by atoms with van der Waals surface area (Å²) in [5.41, 5.74) is 0. The molecule has 1 unspecified atom stereocenters. The summed E-state index contributed by atoms with van der Waals surface area (Å²) in [6.45, 7) is 4.04. The molecule has 1 atom stereocenters. The van der Waals surface area contributed by atoms with Crippen LogP contribution in [0.1, 0.15) is 20.3 Å². The monoisotopic (exact) mass is 160 g/mol. The molecule has 1 aliphatic heterocycles. The van der Waals surface area contributed by atoms with Crippen LogP contribution in [0.4, 0.5) is 0 Å². The van der Waals surface area contributed by atoms with E-state index in [1.165, 1.54) is 0 Å². The van der Waals surface area contributed by atoms with Crippen molar-refractivity contribution >= 4 is 11.9 Å². The summed E-state index contributed by atoms with van der Waals surface area (Å²) in [6.07, 6.45) is 0.0231. The highest BCUT2D eigenvalue weighted by Gasteiger charge is 2.29. The minimum Gasteiger partial charge on any atom is -0.481 e. The van der Waals surface area contributed by atoms with Crippen LogP contribution in [0, 0.1) is 5.92 Å². The number of hydrogen-bond acceptors (Lipinski definition) is 3. The Hall–Kier alpha value is -1.06. The van der Waals surface area contributed by atoms with E-state index in [-0.39, 0.29) is 13.0 Å². The molecule has 1 rings (SSSR count). The zero-order valence-corrected chi connectivity index (χ0v) is 6.66.